The number of rotatable bonds is 4. The second-order valence-corrected chi connectivity index (χ2v) is 3.16. The van der Waals surface area contributed by atoms with E-state index in [-0.39, 0.29) is 5.56 Å². The van der Waals surface area contributed by atoms with Crippen LogP contribution >= 0.6 is 0 Å². The van der Waals surface area contributed by atoms with Crippen LogP contribution in [0, 0.1) is 0 Å². The molecule has 0 saturated carbocycles. The quantitative estimate of drug-likeness (QED) is 0.641. The highest BCUT2D eigenvalue weighted by atomic mass is 16.3. The lowest BCUT2D eigenvalue weighted by atomic mass is 10.4. The summed E-state index contributed by atoms with van der Waals surface area (Å²) in [6.07, 6.45) is 0.223. The van der Waals surface area contributed by atoms with Crippen LogP contribution in [-0.2, 0) is 6.42 Å². The number of nitrogens with zero attached hydrogens (tertiary/aromatic N) is 1. The number of hydrogen-bond donors (Lipinski definition) is 3. The van der Waals surface area contributed by atoms with Crippen molar-refractivity contribution in [2.75, 3.05) is 11.9 Å². The van der Waals surface area contributed by atoms with Gasteiger partial charge in [-0.1, -0.05) is 6.92 Å². The molecule has 78 valence electrons. The number of aromatic nitrogens is 2. The molecule has 14 heavy (non-hydrogen) atoms. The fourth-order valence-corrected chi connectivity index (χ4v) is 1.02. The van der Waals surface area contributed by atoms with Gasteiger partial charge in [0, 0.05) is 19.0 Å². The summed E-state index contributed by atoms with van der Waals surface area (Å²) in [4.78, 5) is 17.9. The van der Waals surface area contributed by atoms with Crippen molar-refractivity contribution in [1.82, 2.24) is 9.97 Å². The largest absolute Gasteiger partial charge is 0.392 e. The molecular weight excluding hydrogens is 182 g/mol. The summed E-state index contributed by atoms with van der Waals surface area (Å²) in [5.74, 6) is 1.15. The maximum Gasteiger partial charge on any atom is 0.252 e. The van der Waals surface area contributed by atoms with E-state index in [1.165, 1.54) is 6.07 Å². The molecule has 1 aromatic rings. The van der Waals surface area contributed by atoms with Gasteiger partial charge in [-0.3, -0.25) is 4.79 Å². The van der Waals surface area contributed by atoms with Crippen molar-refractivity contribution >= 4 is 5.82 Å². The summed E-state index contributed by atoms with van der Waals surface area (Å²) in [6.45, 7) is 3.97. The highest BCUT2D eigenvalue weighted by molar-refractivity contribution is 5.32. The fraction of sp³-hybridized carbons (Fsp3) is 0.556. The van der Waals surface area contributed by atoms with Gasteiger partial charge in [0.25, 0.3) is 5.56 Å². The Kier molecular flexibility index (Phi) is 3.64. The molecule has 1 heterocycles. The van der Waals surface area contributed by atoms with Gasteiger partial charge in [0.15, 0.2) is 0 Å². The molecule has 1 atom stereocenters. The van der Waals surface area contributed by atoms with Crippen LogP contribution < -0.4 is 10.9 Å². The van der Waals surface area contributed by atoms with E-state index < -0.39 is 6.10 Å². The monoisotopic (exact) mass is 197 g/mol. The molecule has 0 aliphatic carbocycles. The molecule has 5 heteroatoms. The average molecular weight is 197 g/mol. The Labute approximate surface area is 82.2 Å². The minimum Gasteiger partial charge on any atom is -0.392 e. The number of hydrogen-bond acceptors (Lipinski definition) is 4. The van der Waals surface area contributed by atoms with E-state index in [1.807, 2.05) is 6.92 Å². The number of aliphatic hydroxyl groups excluding tert-OH is 1. The van der Waals surface area contributed by atoms with Gasteiger partial charge < -0.3 is 15.4 Å². The van der Waals surface area contributed by atoms with E-state index in [0.29, 0.717) is 24.6 Å². The maximum atomic E-state index is 11.1. The molecular formula is C9H15N3O2. The predicted molar refractivity (Wildman–Crippen MR) is 54.4 cm³/mol. The summed E-state index contributed by atoms with van der Waals surface area (Å²) >= 11 is 0. The molecule has 0 spiro atoms. The minimum atomic E-state index is -0.457. The fourth-order valence-electron chi connectivity index (χ4n) is 1.02. The molecule has 0 aliphatic heterocycles. The second-order valence-electron chi connectivity index (χ2n) is 3.16. The molecule has 0 aliphatic rings. The zero-order valence-electron chi connectivity index (χ0n) is 8.37. The number of anilines is 1. The molecule has 1 unspecified atom stereocenters. The first kappa shape index (κ1) is 10.7. The van der Waals surface area contributed by atoms with Crippen LogP contribution in [-0.4, -0.2) is 27.7 Å². The summed E-state index contributed by atoms with van der Waals surface area (Å²) in [7, 11) is 0. The highest BCUT2D eigenvalue weighted by Gasteiger charge is 2.00. The lowest BCUT2D eigenvalue weighted by Crippen LogP contribution is -2.19. The summed E-state index contributed by atoms with van der Waals surface area (Å²) in [5, 5.41) is 11.9. The Morgan fingerprint density at radius 2 is 2.43 bits per heavy atom. The van der Waals surface area contributed by atoms with Crippen molar-refractivity contribution in [3.8, 4) is 0 Å². The summed E-state index contributed by atoms with van der Waals surface area (Å²) < 4.78 is 0. The van der Waals surface area contributed by atoms with Gasteiger partial charge in [0.2, 0.25) is 0 Å². The van der Waals surface area contributed by atoms with Gasteiger partial charge in [0.05, 0.1) is 6.10 Å². The van der Waals surface area contributed by atoms with Gasteiger partial charge in [-0.05, 0) is 6.92 Å². The number of nitrogens with one attached hydrogen (secondary N) is 2. The molecule has 5 nitrogen and oxygen atoms in total. The van der Waals surface area contributed by atoms with Gasteiger partial charge in [-0.15, -0.1) is 0 Å². The molecule has 3 N–H and O–H groups in total. The lowest BCUT2D eigenvalue weighted by Gasteiger charge is -2.07. The van der Waals surface area contributed by atoms with Crippen molar-refractivity contribution in [2.45, 2.75) is 26.4 Å². The zero-order chi connectivity index (χ0) is 10.6. The van der Waals surface area contributed by atoms with E-state index in [2.05, 4.69) is 15.3 Å². The molecule has 0 fully saturated rings. The number of aromatic amines is 1. The Morgan fingerprint density at radius 3 is 3.00 bits per heavy atom. The van der Waals surface area contributed by atoms with Crippen LogP contribution in [0.5, 0.6) is 0 Å². The van der Waals surface area contributed by atoms with E-state index in [9.17, 15) is 4.79 Å². The first-order valence-electron chi connectivity index (χ1n) is 4.64. The maximum absolute atomic E-state index is 11.1. The number of aliphatic hydroxyl groups is 1. The molecule has 1 aromatic heterocycles. The molecule has 1 rings (SSSR count). The van der Waals surface area contributed by atoms with Crippen LogP contribution in [0.25, 0.3) is 0 Å². The first-order chi connectivity index (χ1) is 6.61. The number of aryl methyl sites for hydroxylation is 1. The zero-order valence-corrected chi connectivity index (χ0v) is 8.37. The summed E-state index contributed by atoms with van der Waals surface area (Å²) in [5.41, 5.74) is -0.176. The van der Waals surface area contributed by atoms with Gasteiger partial charge in [0.1, 0.15) is 11.6 Å². The van der Waals surface area contributed by atoms with E-state index in [1.54, 1.807) is 6.92 Å². The first-order valence-corrected chi connectivity index (χ1v) is 4.64. The van der Waals surface area contributed by atoms with Gasteiger partial charge >= 0.3 is 0 Å². The third-order valence-corrected chi connectivity index (χ3v) is 1.70. The standard InChI is InChI=1S/C9H15N3O2/c1-3-7-11-8(4-9(14)12-7)10-5-6(2)13/h4,6,13H,3,5H2,1-2H3,(H2,10,11,12,14). The Balaban J connectivity index is 2.76. The topological polar surface area (TPSA) is 78.0 Å². The van der Waals surface area contributed by atoms with E-state index in [4.69, 9.17) is 5.11 Å². The van der Waals surface area contributed by atoms with Crippen molar-refractivity contribution in [3.63, 3.8) is 0 Å². The van der Waals surface area contributed by atoms with Crippen LogP contribution in [0.3, 0.4) is 0 Å². The molecule has 0 saturated heterocycles. The summed E-state index contributed by atoms with van der Waals surface area (Å²) in [6, 6.07) is 1.38. The van der Waals surface area contributed by atoms with Crippen LogP contribution in [0.1, 0.15) is 19.7 Å². The molecule has 0 amide bonds. The van der Waals surface area contributed by atoms with Gasteiger partial charge in [-0.2, -0.15) is 0 Å². The van der Waals surface area contributed by atoms with Crippen molar-refractivity contribution < 1.29 is 5.11 Å². The average Bonchev–Trinajstić information content (AvgIpc) is 2.14. The molecule has 0 bridgehead atoms. The Hall–Kier alpha value is -1.36. The van der Waals surface area contributed by atoms with Crippen molar-refractivity contribution in [1.29, 1.82) is 0 Å². The smallest absolute Gasteiger partial charge is 0.252 e. The van der Waals surface area contributed by atoms with Crippen LogP contribution in [0.15, 0.2) is 10.9 Å². The van der Waals surface area contributed by atoms with E-state index in [0.717, 1.165) is 0 Å². The predicted octanol–water partition coefficient (Wildman–Crippen LogP) is 0.125. The Bertz CT molecular complexity index is 346. The van der Waals surface area contributed by atoms with Crippen molar-refractivity contribution in [3.05, 3.63) is 22.2 Å². The van der Waals surface area contributed by atoms with Crippen LogP contribution in [0.2, 0.25) is 0 Å². The minimum absolute atomic E-state index is 0.176. The molecule has 0 radical (unpaired) electrons. The lowest BCUT2D eigenvalue weighted by molar-refractivity contribution is 0.208. The third-order valence-electron chi connectivity index (χ3n) is 1.70. The van der Waals surface area contributed by atoms with E-state index >= 15 is 0 Å². The molecule has 0 aromatic carbocycles. The number of H-pyrrole nitrogens is 1. The third kappa shape index (κ3) is 3.18. The van der Waals surface area contributed by atoms with Crippen LogP contribution in [0.4, 0.5) is 5.82 Å². The Morgan fingerprint density at radius 1 is 1.71 bits per heavy atom. The normalized spacial score (nSPS) is 12.5. The second kappa shape index (κ2) is 4.76. The van der Waals surface area contributed by atoms with Crippen molar-refractivity contribution in [2.24, 2.45) is 0 Å². The SMILES string of the molecule is CCc1nc(NCC(C)O)cc(=O)[nH]1. The highest BCUT2D eigenvalue weighted by Crippen LogP contribution is 1.99. The van der Waals surface area contributed by atoms with Gasteiger partial charge in [-0.25, -0.2) is 4.98 Å².